The Morgan fingerprint density at radius 3 is 1.91 bits per heavy atom. The van der Waals surface area contributed by atoms with Gasteiger partial charge in [-0.15, -0.1) is 11.3 Å². The van der Waals surface area contributed by atoms with E-state index in [1.807, 2.05) is 17.4 Å². The molecule has 0 N–H and O–H groups in total. The molecule has 0 spiro atoms. The summed E-state index contributed by atoms with van der Waals surface area (Å²) in [6.45, 7) is 0. The van der Waals surface area contributed by atoms with E-state index in [9.17, 15) is 0 Å². The third kappa shape index (κ3) is 4.40. The highest BCUT2D eigenvalue weighted by molar-refractivity contribution is 7.26. The molecule has 2 aromatic heterocycles. The Hall–Kier alpha value is -5.64. The molecule has 0 amide bonds. The van der Waals surface area contributed by atoms with Gasteiger partial charge in [-0.1, -0.05) is 140 Å². The predicted octanol–water partition coefficient (Wildman–Crippen LogP) is 11.8. The van der Waals surface area contributed by atoms with Crippen LogP contribution in [0.5, 0.6) is 0 Å². The van der Waals surface area contributed by atoms with Crippen molar-refractivity contribution in [2.24, 2.45) is 0 Å². The van der Waals surface area contributed by atoms with Crippen LogP contribution in [0.15, 0.2) is 158 Å². The quantitative estimate of drug-likeness (QED) is 0.204. The summed E-state index contributed by atoms with van der Waals surface area (Å²) in [6, 6.07) is 55.9. The van der Waals surface area contributed by atoms with Crippen molar-refractivity contribution in [3.63, 3.8) is 0 Å². The van der Waals surface area contributed by atoms with Gasteiger partial charge in [-0.25, -0.2) is 9.97 Å². The lowest BCUT2D eigenvalue weighted by atomic mass is 9.97. The Balaban J connectivity index is 1.20. The largest absolute Gasteiger partial charge is 0.244 e. The minimum atomic E-state index is 0.884. The van der Waals surface area contributed by atoms with E-state index in [1.165, 1.54) is 42.1 Å². The van der Waals surface area contributed by atoms with E-state index in [0.717, 1.165) is 44.7 Å². The molecule has 9 aromatic rings. The second-order valence-electron chi connectivity index (χ2n) is 11.4. The Labute approximate surface area is 264 Å². The van der Waals surface area contributed by atoms with Crippen LogP contribution in [0.2, 0.25) is 0 Å². The second kappa shape index (κ2) is 10.5. The van der Waals surface area contributed by atoms with E-state index >= 15 is 0 Å². The van der Waals surface area contributed by atoms with E-state index in [2.05, 4.69) is 152 Å². The number of aromatic nitrogens is 2. The third-order valence-electron chi connectivity index (χ3n) is 8.68. The molecule has 45 heavy (non-hydrogen) atoms. The van der Waals surface area contributed by atoms with Crippen LogP contribution in [0.4, 0.5) is 0 Å². The topological polar surface area (TPSA) is 25.8 Å². The normalized spacial score (nSPS) is 11.6. The summed E-state index contributed by atoms with van der Waals surface area (Å²) < 4.78 is 2.65. The molecule has 0 aliphatic heterocycles. The van der Waals surface area contributed by atoms with Crippen molar-refractivity contribution in [1.82, 2.24) is 9.97 Å². The highest BCUT2D eigenvalue weighted by Crippen LogP contribution is 2.41. The molecule has 210 valence electrons. The van der Waals surface area contributed by atoms with Gasteiger partial charge in [-0.3, -0.25) is 0 Å². The Morgan fingerprint density at radius 1 is 0.400 bits per heavy atom. The van der Waals surface area contributed by atoms with Crippen molar-refractivity contribution in [2.45, 2.75) is 0 Å². The SMILES string of the molecule is c1ccc(-c2nc3cccc(-c4ccc(-c5cccc6c5sc5ccccc56)cc4)c3nc2-c2ccc3ccccc3c2)cc1. The van der Waals surface area contributed by atoms with Crippen molar-refractivity contribution in [3.8, 4) is 44.8 Å². The average Bonchev–Trinajstić information content (AvgIpc) is 3.50. The van der Waals surface area contributed by atoms with Gasteiger partial charge in [-0.2, -0.15) is 0 Å². The van der Waals surface area contributed by atoms with Gasteiger partial charge in [0.2, 0.25) is 0 Å². The lowest BCUT2D eigenvalue weighted by Gasteiger charge is -2.14. The first kappa shape index (κ1) is 25.8. The smallest absolute Gasteiger partial charge is 0.0973 e. The fraction of sp³-hybridized carbons (Fsp3) is 0. The Bertz CT molecular complexity index is 2530. The number of thiophene rings is 1. The van der Waals surface area contributed by atoms with Crippen molar-refractivity contribution >= 4 is 53.3 Å². The molecule has 0 atom stereocenters. The van der Waals surface area contributed by atoms with E-state index < -0.39 is 0 Å². The van der Waals surface area contributed by atoms with Crippen LogP contribution in [0.3, 0.4) is 0 Å². The lowest BCUT2D eigenvalue weighted by Crippen LogP contribution is -1.97. The minimum Gasteiger partial charge on any atom is -0.244 e. The molecule has 0 fully saturated rings. The van der Waals surface area contributed by atoms with E-state index in [1.54, 1.807) is 0 Å². The van der Waals surface area contributed by atoms with E-state index in [0.29, 0.717) is 0 Å². The molecular weight excluding hydrogens is 565 g/mol. The number of hydrogen-bond donors (Lipinski definition) is 0. The summed E-state index contributed by atoms with van der Waals surface area (Å²) in [7, 11) is 0. The lowest BCUT2D eigenvalue weighted by molar-refractivity contribution is 1.29. The molecule has 9 rings (SSSR count). The van der Waals surface area contributed by atoms with Crippen LogP contribution in [-0.2, 0) is 0 Å². The highest BCUT2D eigenvalue weighted by atomic mass is 32.1. The second-order valence-corrected chi connectivity index (χ2v) is 12.4. The van der Waals surface area contributed by atoms with E-state index in [4.69, 9.17) is 9.97 Å². The molecule has 2 nitrogen and oxygen atoms in total. The van der Waals surface area contributed by atoms with Gasteiger partial charge in [0.05, 0.1) is 22.4 Å². The zero-order valence-corrected chi connectivity index (χ0v) is 25.1. The van der Waals surface area contributed by atoms with Crippen molar-refractivity contribution in [2.75, 3.05) is 0 Å². The standard InChI is InChI=1S/C42H26N2S/c1-2-11-30(12-3-1)39-40(32-25-20-27-10-4-5-13-31(27)26-32)44-41-33(15-9-18-37(41)43-39)28-21-23-29(24-22-28)34-16-8-17-36-35-14-6-7-19-38(35)45-42(34)36/h1-26H. The van der Waals surface area contributed by atoms with Crippen molar-refractivity contribution < 1.29 is 0 Å². The maximum atomic E-state index is 5.39. The van der Waals surface area contributed by atoms with Crippen LogP contribution in [0, 0.1) is 0 Å². The first-order valence-electron chi connectivity index (χ1n) is 15.2. The van der Waals surface area contributed by atoms with Gasteiger partial charge >= 0.3 is 0 Å². The molecule has 0 aliphatic carbocycles. The zero-order valence-electron chi connectivity index (χ0n) is 24.3. The number of nitrogens with zero attached hydrogens (tertiary/aromatic N) is 2. The van der Waals surface area contributed by atoms with E-state index in [-0.39, 0.29) is 0 Å². The summed E-state index contributed by atoms with van der Waals surface area (Å²) in [5.74, 6) is 0. The van der Waals surface area contributed by atoms with Crippen molar-refractivity contribution in [1.29, 1.82) is 0 Å². The van der Waals surface area contributed by atoms with Gasteiger partial charge in [0.25, 0.3) is 0 Å². The minimum absolute atomic E-state index is 0.884. The highest BCUT2D eigenvalue weighted by Gasteiger charge is 2.17. The number of fused-ring (bicyclic) bond motifs is 5. The van der Waals surface area contributed by atoms with Gasteiger partial charge in [0.15, 0.2) is 0 Å². The van der Waals surface area contributed by atoms with Crippen LogP contribution in [-0.4, -0.2) is 9.97 Å². The molecular formula is C42H26N2S. The zero-order chi connectivity index (χ0) is 29.7. The first-order valence-corrected chi connectivity index (χ1v) is 16.0. The summed E-state index contributed by atoms with van der Waals surface area (Å²) in [4.78, 5) is 10.6. The first-order chi connectivity index (χ1) is 22.3. The van der Waals surface area contributed by atoms with Gasteiger partial charge < -0.3 is 0 Å². The summed E-state index contributed by atoms with van der Waals surface area (Å²) >= 11 is 1.87. The van der Waals surface area contributed by atoms with Crippen LogP contribution >= 0.6 is 11.3 Å². The predicted molar refractivity (Wildman–Crippen MR) is 192 cm³/mol. The van der Waals surface area contributed by atoms with Gasteiger partial charge in [-0.05, 0) is 45.7 Å². The third-order valence-corrected chi connectivity index (χ3v) is 9.90. The molecule has 0 saturated heterocycles. The van der Waals surface area contributed by atoms with Crippen LogP contribution in [0.25, 0.3) is 86.7 Å². The number of hydrogen-bond acceptors (Lipinski definition) is 3. The Kier molecular flexibility index (Phi) is 6.03. The molecule has 0 bridgehead atoms. The van der Waals surface area contributed by atoms with Crippen LogP contribution in [0.1, 0.15) is 0 Å². The molecule has 0 radical (unpaired) electrons. The molecule has 0 unspecified atom stereocenters. The summed E-state index contributed by atoms with van der Waals surface area (Å²) in [6.07, 6.45) is 0. The fourth-order valence-electron chi connectivity index (χ4n) is 6.45. The number of para-hydroxylation sites is 1. The molecule has 0 aliphatic rings. The Morgan fingerprint density at radius 2 is 1.04 bits per heavy atom. The maximum absolute atomic E-state index is 5.39. The number of rotatable bonds is 4. The number of benzene rings is 7. The van der Waals surface area contributed by atoms with Gasteiger partial charge in [0, 0.05) is 36.9 Å². The maximum Gasteiger partial charge on any atom is 0.0973 e. The average molecular weight is 591 g/mol. The summed E-state index contributed by atoms with van der Waals surface area (Å²) in [5, 5.41) is 5.04. The van der Waals surface area contributed by atoms with Gasteiger partial charge in [0.1, 0.15) is 0 Å². The molecule has 7 aromatic carbocycles. The molecule has 3 heteroatoms. The van der Waals surface area contributed by atoms with Crippen LogP contribution < -0.4 is 0 Å². The fourth-order valence-corrected chi connectivity index (χ4v) is 7.69. The molecule has 2 heterocycles. The molecule has 0 saturated carbocycles. The summed E-state index contributed by atoms with van der Waals surface area (Å²) in [5.41, 5.74) is 10.4. The van der Waals surface area contributed by atoms with Crippen molar-refractivity contribution in [3.05, 3.63) is 158 Å². The monoisotopic (exact) mass is 590 g/mol.